The number of carbonyl (C=O) groups excluding carboxylic acids is 2. The molecule has 1 spiro atoms. The van der Waals surface area contributed by atoms with Crippen molar-refractivity contribution in [3.63, 3.8) is 0 Å². The summed E-state index contributed by atoms with van der Waals surface area (Å²) in [5, 5.41) is 7.92. The highest BCUT2D eigenvalue weighted by atomic mass is 79.9. The summed E-state index contributed by atoms with van der Waals surface area (Å²) in [6.45, 7) is 2.18. The topological polar surface area (TPSA) is 61.8 Å². The molecular weight excluding hydrogens is 346 g/mol. The highest BCUT2D eigenvalue weighted by Crippen LogP contribution is 2.36. The average molecular weight is 364 g/mol. The lowest BCUT2D eigenvalue weighted by atomic mass is 9.77. The van der Waals surface area contributed by atoms with Crippen molar-refractivity contribution in [1.82, 2.24) is 10.3 Å². The minimum atomic E-state index is -0.741. The van der Waals surface area contributed by atoms with Crippen LogP contribution in [-0.2, 0) is 4.79 Å². The van der Waals surface area contributed by atoms with Crippen LogP contribution in [0.4, 0.5) is 4.79 Å². The summed E-state index contributed by atoms with van der Waals surface area (Å²) in [7, 11) is 0. The van der Waals surface area contributed by atoms with E-state index in [1.807, 2.05) is 24.3 Å². The van der Waals surface area contributed by atoms with Crippen LogP contribution in [-0.4, -0.2) is 28.7 Å². The van der Waals surface area contributed by atoms with Gasteiger partial charge in [-0.15, -0.1) is 5.01 Å². The second-order valence-electron chi connectivity index (χ2n) is 6.08. The number of halogens is 1. The van der Waals surface area contributed by atoms with Crippen molar-refractivity contribution in [2.45, 2.75) is 38.1 Å². The van der Waals surface area contributed by atoms with Gasteiger partial charge >= 0.3 is 6.03 Å². The van der Waals surface area contributed by atoms with Gasteiger partial charge in [0.2, 0.25) is 0 Å². The number of urea groups is 1. The summed E-state index contributed by atoms with van der Waals surface area (Å²) < 4.78 is 0.868. The minimum absolute atomic E-state index is 0.229. The Kier molecular flexibility index (Phi) is 4.04. The fourth-order valence-corrected chi connectivity index (χ4v) is 3.39. The standard InChI is InChI=1S/C16H18BrN3O2/c1-11-6-8-16(9-7-11)14(21)20(15(22)19-16)18-10-12-4-2-3-5-13(12)17/h2-5,10-11H,6-9H2,1H3,(H,19,22). The molecule has 0 atom stereocenters. The summed E-state index contributed by atoms with van der Waals surface area (Å²) in [4.78, 5) is 24.7. The maximum atomic E-state index is 12.6. The van der Waals surface area contributed by atoms with Crippen molar-refractivity contribution in [3.8, 4) is 0 Å². The van der Waals surface area contributed by atoms with E-state index in [1.54, 1.807) is 0 Å². The van der Waals surface area contributed by atoms with Crippen molar-refractivity contribution in [3.05, 3.63) is 34.3 Å². The largest absolute Gasteiger partial charge is 0.346 e. The summed E-state index contributed by atoms with van der Waals surface area (Å²) in [5.41, 5.74) is 0.0794. The van der Waals surface area contributed by atoms with Crippen LogP contribution < -0.4 is 5.32 Å². The van der Waals surface area contributed by atoms with E-state index in [9.17, 15) is 9.59 Å². The lowest BCUT2D eigenvalue weighted by Crippen LogP contribution is -2.49. The van der Waals surface area contributed by atoms with Gasteiger partial charge < -0.3 is 5.32 Å². The van der Waals surface area contributed by atoms with Crippen LogP contribution in [0, 0.1) is 5.92 Å². The molecule has 1 heterocycles. The number of imide groups is 1. The molecule has 0 bridgehead atoms. The Morgan fingerprint density at radius 2 is 2.00 bits per heavy atom. The number of carbonyl (C=O) groups is 2. The molecule has 0 radical (unpaired) electrons. The molecule has 1 aromatic rings. The lowest BCUT2D eigenvalue weighted by Gasteiger charge is -2.33. The summed E-state index contributed by atoms with van der Waals surface area (Å²) in [5.74, 6) is 0.376. The molecule has 1 aromatic carbocycles. The van der Waals surface area contributed by atoms with Crippen LogP contribution in [0.25, 0.3) is 0 Å². The van der Waals surface area contributed by atoms with Crippen molar-refractivity contribution in [2.24, 2.45) is 11.0 Å². The maximum absolute atomic E-state index is 12.6. The highest BCUT2D eigenvalue weighted by molar-refractivity contribution is 9.10. The first-order valence-electron chi connectivity index (χ1n) is 7.47. The number of rotatable bonds is 2. The predicted octanol–water partition coefficient (Wildman–Crippen LogP) is 3.28. The first-order valence-corrected chi connectivity index (χ1v) is 8.26. The number of hydrazone groups is 1. The van der Waals surface area contributed by atoms with Crippen LogP contribution in [0.5, 0.6) is 0 Å². The molecule has 1 saturated heterocycles. The molecule has 2 fully saturated rings. The van der Waals surface area contributed by atoms with E-state index in [1.165, 1.54) is 6.21 Å². The normalized spacial score (nSPS) is 28.6. The fraction of sp³-hybridized carbons (Fsp3) is 0.438. The van der Waals surface area contributed by atoms with Crippen molar-refractivity contribution < 1.29 is 9.59 Å². The molecule has 2 aliphatic rings. The average Bonchev–Trinajstić information content (AvgIpc) is 2.73. The number of hydrogen-bond acceptors (Lipinski definition) is 3. The van der Waals surface area contributed by atoms with Gasteiger partial charge in [-0.1, -0.05) is 41.1 Å². The van der Waals surface area contributed by atoms with Crippen LogP contribution in [0.2, 0.25) is 0 Å². The molecule has 3 amide bonds. The van der Waals surface area contributed by atoms with E-state index in [0.717, 1.165) is 27.9 Å². The van der Waals surface area contributed by atoms with E-state index >= 15 is 0 Å². The maximum Gasteiger partial charge on any atom is 0.346 e. The number of amides is 3. The Morgan fingerprint density at radius 1 is 1.32 bits per heavy atom. The molecule has 1 N–H and O–H groups in total. The first kappa shape index (κ1) is 15.2. The van der Waals surface area contributed by atoms with Crippen LogP contribution in [0.1, 0.15) is 38.2 Å². The van der Waals surface area contributed by atoms with Gasteiger partial charge in [-0.3, -0.25) is 4.79 Å². The monoisotopic (exact) mass is 363 g/mol. The number of nitrogens with zero attached hydrogens (tertiary/aromatic N) is 2. The molecule has 0 aromatic heterocycles. The molecule has 6 heteroatoms. The van der Waals surface area contributed by atoms with E-state index < -0.39 is 11.6 Å². The molecule has 3 rings (SSSR count). The zero-order valence-electron chi connectivity index (χ0n) is 12.4. The lowest BCUT2D eigenvalue weighted by molar-refractivity contribution is -0.132. The van der Waals surface area contributed by atoms with Gasteiger partial charge in [0, 0.05) is 10.0 Å². The Labute approximate surface area is 137 Å². The van der Waals surface area contributed by atoms with Crippen LogP contribution >= 0.6 is 15.9 Å². The van der Waals surface area contributed by atoms with Gasteiger partial charge in [-0.25, -0.2) is 4.79 Å². The van der Waals surface area contributed by atoms with Crippen LogP contribution in [0.3, 0.4) is 0 Å². The second kappa shape index (κ2) is 5.83. The Bertz CT molecular complexity index is 636. The molecule has 1 saturated carbocycles. The third-order valence-electron chi connectivity index (χ3n) is 4.49. The molecule has 1 aliphatic heterocycles. The third-order valence-corrected chi connectivity index (χ3v) is 5.21. The van der Waals surface area contributed by atoms with Gasteiger partial charge in [0.25, 0.3) is 5.91 Å². The molecule has 22 heavy (non-hydrogen) atoms. The summed E-state index contributed by atoms with van der Waals surface area (Å²) >= 11 is 3.42. The van der Waals surface area contributed by atoms with Crippen LogP contribution in [0.15, 0.2) is 33.8 Å². The predicted molar refractivity (Wildman–Crippen MR) is 87.5 cm³/mol. The molecule has 5 nitrogen and oxygen atoms in total. The second-order valence-corrected chi connectivity index (χ2v) is 6.93. The van der Waals surface area contributed by atoms with Crippen molar-refractivity contribution in [1.29, 1.82) is 0 Å². The fourth-order valence-electron chi connectivity index (χ4n) is 3.00. The van der Waals surface area contributed by atoms with Gasteiger partial charge in [0.15, 0.2) is 0 Å². The third kappa shape index (κ3) is 2.67. The smallest absolute Gasteiger partial charge is 0.321 e. The van der Waals surface area contributed by atoms with Gasteiger partial charge in [-0.05, 0) is 37.7 Å². The van der Waals surface area contributed by atoms with Crippen molar-refractivity contribution >= 4 is 34.1 Å². The number of nitrogens with one attached hydrogen (secondary N) is 1. The van der Waals surface area contributed by atoms with Gasteiger partial charge in [0.05, 0.1) is 6.21 Å². The summed E-state index contributed by atoms with van der Waals surface area (Å²) in [6, 6.07) is 7.10. The van der Waals surface area contributed by atoms with Gasteiger partial charge in [0.1, 0.15) is 5.54 Å². The van der Waals surface area contributed by atoms with E-state index in [2.05, 4.69) is 33.3 Å². The van der Waals surface area contributed by atoms with E-state index in [0.29, 0.717) is 18.8 Å². The SMILES string of the molecule is CC1CCC2(CC1)NC(=O)N(N=Cc1ccccc1Br)C2=O. The molecule has 116 valence electrons. The zero-order chi connectivity index (χ0) is 15.7. The minimum Gasteiger partial charge on any atom is -0.321 e. The Balaban J connectivity index is 1.79. The van der Waals surface area contributed by atoms with Gasteiger partial charge in [-0.2, -0.15) is 5.10 Å². The van der Waals surface area contributed by atoms with Crippen molar-refractivity contribution in [2.75, 3.05) is 0 Å². The zero-order valence-corrected chi connectivity index (χ0v) is 14.0. The summed E-state index contributed by atoms with van der Waals surface area (Å²) in [6.07, 6.45) is 4.83. The molecule has 0 unspecified atom stereocenters. The number of benzene rings is 1. The quantitative estimate of drug-likeness (QED) is 0.647. The first-order chi connectivity index (χ1) is 10.5. The molecular formula is C16H18BrN3O2. The Morgan fingerprint density at radius 3 is 2.68 bits per heavy atom. The number of hydrogen-bond donors (Lipinski definition) is 1. The van der Waals surface area contributed by atoms with E-state index in [4.69, 9.17) is 0 Å². The Hall–Kier alpha value is -1.69. The van der Waals surface area contributed by atoms with E-state index in [-0.39, 0.29) is 5.91 Å². The molecule has 1 aliphatic carbocycles. The highest BCUT2D eigenvalue weighted by Gasteiger charge is 2.52.